The Bertz CT molecular complexity index is 548. The molecular weight excluding hydrogens is 288 g/mol. The van der Waals surface area contributed by atoms with Crippen molar-refractivity contribution in [1.82, 2.24) is 9.80 Å². The van der Waals surface area contributed by atoms with Gasteiger partial charge in [0, 0.05) is 37.8 Å². The van der Waals surface area contributed by atoms with Crippen LogP contribution in [0.4, 0.5) is 0 Å². The zero-order chi connectivity index (χ0) is 16.8. The van der Waals surface area contributed by atoms with E-state index >= 15 is 0 Å². The zero-order valence-corrected chi connectivity index (χ0v) is 14.5. The number of likely N-dealkylation sites (tertiary alicyclic amines) is 1. The van der Waals surface area contributed by atoms with E-state index in [1.807, 2.05) is 18.0 Å². The first kappa shape index (κ1) is 17.5. The van der Waals surface area contributed by atoms with Gasteiger partial charge in [0.1, 0.15) is 0 Å². The van der Waals surface area contributed by atoms with Crippen LogP contribution in [0.1, 0.15) is 60.2 Å². The number of unbranched alkanes of at least 4 members (excludes halogenated alkanes) is 1. The van der Waals surface area contributed by atoms with E-state index in [1.54, 1.807) is 23.1 Å². The molecule has 4 nitrogen and oxygen atoms in total. The molecule has 0 saturated carbocycles. The summed E-state index contributed by atoms with van der Waals surface area (Å²) in [7, 11) is 1.82. The lowest BCUT2D eigenvalue weighted by Gasteiger charge is -2.30. The van der Waals surface area contributed by atoms with E-state index in [9.17, 15) is 9.59 Å². The molecule has 0 atom stereocenters. The largest absolute Gasteiger partial charge is 0.342 e. The molecule has 0 bridgehead atoms. The molecule has 2 amide bonds. The molecule has 2 rings (SSSR count). The third-order valence-electron chi connectivity index (χ3n) is 4.62. The van der Waals surface area contributed by atoms with Crippen molar-refractivity contribution in [3.05, 3.63) is 35.4 Å². The number of hydrogen-bond acceptors (Lipinski definition) is 2. The minimum Gasteiger partial charge on any atom is -0.342 e. The van der Waals surface area contributed by atoms with Gasteiger partial charge in [-0.3, -0.25) is 9.59 Å². The molecule has 0 aromatic heterocycles. The summed E-state index contributed by atoms with van der Waals surface area (Å²) in [5.74, 6) is 0.724. The summed E-state index contributed by atoms with van der Waals surface area (Å²) in [4.78, 5) is 28.7. The molecule has 0 N–H and O–H groups in total. The fourth-order valence-corrected chi connectivity index (χ4v) is 2.90. The van der Waals surface area contributed by atoms with Crippen molar-refractivity contribution in [3.8, 4) is 0 Å². The van der Waals surface area contributed by atoms with Crippen molar-refractivity contribution in [2.24, 2.45) is 5.92 Å². The minimum absolute atomic E-state index is 0.0135. The monoisotopic (exact) mass is 316 g/mol. The van der Waals surface area contributed by atoms with Crippen molar-refractivity contribution >= 4 is 11.8 Å². The summed E-state index contributed by atoms with van der Waals surface area (Å²) in [5, 5.41) is 0. The normalized spacial score (nSPS) is 15.5. The van der Waals surface area contributed by atoms with Gasteiger partial charge in [0.25, 0.3) is 11.8 Å². The maximum Gasteiger partial charge on any atom is 0.253 e. The Morgan fingerprint density at radius 1 is 1.22 bits per heavy atom. The summed E-state index contributed by atoms with van der Waals surface area (Å²) in [6.45, 7) is 6.71. The molecule has 1 heterocycles. The average molecular weight is 316 g/mol. The molecule has 0 aliphatic carbocycles. The van der Waals surface area contributed by atoms with Crippen LogP contribution in [0.3, 0.4) is 0 Å². The maximum absolute atomic E-state index is 12.6. The summed E-state index contributed by atoms with van der Waals surface area (Å²) in [6.07, 6.45) is 4.17. The van der Waals surface area contributed by atoms with Gasteiger partial charge in [0.15, 0.2) is 0 Å². The van der Waals surface area contributed by atoms with Crippen LogP contribution in [-0.4, -0.2) is 48.3 Å². The predicted molar refractivity (Wildman–Crippen MR) is 92.6 cm³/mol. The summed E-state index contributed by atoms with van der Waals surface area (Å²) >= 11 is 0. The second-order valence-electron chi connectivity index (χ2n) is 6.64. The van der Waals surface area contributed by atoms with E-state index < -0.39 is 0 Å². The third kappa shape index (κ3) is 4.57. The summed E-state index contributed by atoms with van der Waals surface area (Å²) in [5.41, 5.74) is 1.22. The molecule has 4 heteroatoms. The van der Waals surface area contributed by atoms with Crippen molar-refractivity contribution in [2.45, 2.75) is 39.5 Å². The fraction of sp³-hybridized carbons (Fsp3) is 0.579. The smallest absolute Gasteiger partial charge is 0.253 e. The Hall–Kier alpha value is -1.84. The van der Waals surface area contributed by atoms with E-state index in [2.05, 4.69) is 13.8 Å². The number of carbonyl (C=O) groups excluding carboxylic acids is 2. The van der Waals surface area contributed by atoms with E-state index in [-0.39, 0.29) is 11.8 Å². The molecule has 1 aliphatic rings. The van der Waals surface area contributed by atoms with Gasteiger partial charge in [0.2, 0.25) is 0 Å². The standard InChI is InChI=1S/C19H28N2O2/c1-4-5-11-20(3)18(22)16-7-6-8-17(14-16)19(23)21-12-9-15(2)10-13-21/h6-8,14-15H,4-5,9-13H2,1-3H3. The van der Waals surface area contributed by atoms with Crippen LogP contribution >= 0.6 is 0 Å². The summed E-state index contributed by atoms with van der Waals surface area (Å²) < 4.78 is 0. The molecule has 1 aromatic carbocycles. The van der Waals surface area contributed by atoms with Crippen LogP contribution in [0, 0.1) is 5.92 Å². The molecule has 1 fully saturated rings. The molecule has 1 saturated heterocycles. The van der Waals surface area contributed by atoms with Crippen molar-refractivity contribution in [1.29, 1.82) is 0 Å². The predicted octanol–water partition coefficient (Wildman–Crippen LogP) is 3.43. The van der Waals surface area contributed by atoms with Crippen molar-refractivity contribution in [3.63, 3.8) is 0 Å². The van der Waals surface area contributed by atoms with Gasteiger partial charge in [0.05, 0.1) is 0 Å². The van der Waals surface area contributed by atoms with Crippen molar-refractivity contribution in [2.75, 3.05) is 26.7 Å². The first-order valence-electron chi connectivity index (χ1n) is 8.67. The van der Waals surface area contributed by atoms with Crippen LogP contribution in [-0.2, 0) is 0 Å². The number of hydrogen-bond donors (Lipinski definition) is 0. The van der Waals surface area contributed by atoms with Crippen LogP contribution < -0.4 is 0 Å². The quantitative estimate of drug-likeness (QED) is 0.835. The van der Waals surface area contributed by atoms with Crippen molar-refractivity contribution < 1.29 is 9.59 Å². The molecular formula is C19H28N2O2. The van der Waals surface area contributed by atoms with Crippen LogP contribution in [0.5, 0.6) is 0 Å². The number of benzene rings is 1. The number of amides is 2. The number of rotatable bonds is 5. The molecule has 0 spiro atoms. The summed E-state index contributed by atoms with van der Waals surface area (Å²) in [6, 6.07) is 7.15. The highest BCUT2D eigenvalue weighted by molar-refractivity contribution is 5.99. The first-order chi connectivity index (χ1) is 11.0. The van der Waals surface area contributed by atoms with Gasteiger partial charge in [-0.2, -0.15) is 0 Å². The molecule has 0 unspecified atom stereocenters. The van der Waals surface area contributed by atoms with Gasteiger partial charge in [-0.1, -0.05) is 26.3 Å². The Balaban J connectivity index is 2.07. The molecule has 23 heavy (non-hydrogen) atoms. The number of nitrogens with zero attached hydrogens (tertiary/aromatic N) is 2. The van der Waals surface area contributed by atoms with Crippen LogP contribution in [0.2, 0.25) is 0 Å². The first-order valence-corrected chi connectivity index (χ1v) is 8.67. The zero-order valence-electron chi connectivity index (χ0n) is 14.5. The van der Waals surface area contributed by atoms with Gasteiger partial charge in [-0.15, -0.1) is 0 Å². The molecule has 126 valence electrons. The van der Waals surface area contributed by atoms with Gasteiger partial charge < -0.3 is 9.80 Å². The lowest BCUT2D eigenvalue weighted by molar-refractivity contribution is 0.0697. The lowest BCUT2D eigenvalue weighted by Crippen LogP contribution is -2.38. The Morgan fingerprint density at radius 3 is 2.52 bits per heavy atom. The topological polar surface area (TPSA) is 40.6 Å². The Kier molecular flexibility index (Phi) is 6.20. The van der Waals surface area contributed by atoms with E-state index in [1.165, 1.54) is 0 Å². The second kappa shape index (κ2) is 8.14. The fourth-order valence-electron chi connectivity index (χ4n) is 2.90. The second-order valence-corrected chi connectivity index (χ2v) is 6.64. The number of piperidine rings is 1. The number of carbonyl (C=O) groups is 2. The maximum atomic E-state index is 12.6. The van der Waals surface area contributed by atoms with Gasteiger partial charge in [-0.25, -0.2) is 0 Å². The minimum atomic E-state index is -0.0135. The molecule has 1 aromatic rings. The third-order valence-corrected chi connectivity index (χ3v) is 4.62. The highest BCUT2D eigenvalue weighted by atomic mass is 16.2. The molecule has 1 aliphatic heterocycles. The highest BCUT2D eigenvalue weighted by Crippen LogP contribution is 2.19. The van der Waals surface area contributed by atoms with Crippen LogP contribution in [0.15, 0.2) is 24.3 Å². The lowest BCUT2D eigenvalue weighted by atomic mass is 9.98. The molecule has 0 radical (unpaired) electrons. The Morgan fingerprint density at radius 2 is 1.87 bits per heavy atom. The SMILES string of the molecule is CCCCN(C)C(=O)c1cccc(C(=O)N2CCC(C)CC2)c1. The average Bonchev–Trinajstić information content (AvgIpc) is 2.59. The highest BCUT2D eigenvalue weighted by Gasteiger charge is 2.22. The van der Waals surface area contributed by atoms with Crippen LogP contribution in [0.25, 0.3) is 0 Å². The Labute approximate surface area is 139 Å². The van der Waals surface area contributed by atoms with Gasteiger partial charge in [-0.05, 0) is 43.4 Å². The van der Waals surface area contributed by atoms with E-state index in [0.29, 0.717) is 17.0 Å². The van der Waals surface area contributed by atoms with Gasteiger partial charge >= 0.3 is 0 Å². The van der Waals surface area contributed by atoms with E-state index in [4.69, 9.17) is 0 Å². The van der Waals surface area contributed by atoms with E-state index in [0.717, 1.165) is 45.3 Å².